The van der Waals surface area contributed by atoms with E-state index in [9.17, 15) is 4.79 Å². The van der Waals surface area contributed by atoms with Crippen LogP contribution in [0.15, 0.2) is 12.1 Å². The van der Waals surface area contributed by atoms with Gasteiger partial charge < -0.3 is 20.1 Å². The molecule has 1 fully saturated rings. The van der Waals surface area contributed by atoms with E-state index in [1.807, 2.05) is 26.1 Å². The quantitative estimate of drug-likeness (QED) is 0.851. The summed E-state index contributed by atoms with van der Waals surface area (Å²) in [5, 5.41) is 0. The van der Waals surface area contributed by atoms with Gasteiger partial charge in [-0.25, -0.2) is 0 Å². The van der Waals surface area contributed by atoms with Crippen molar-refractivity contribution in [3.8, 4) is 11.5 Å². The summed E-state index contributed by atoms with van der Waals surface area (Å²) >= 11 is 0. The first-order chi connectivity index (χ1) is 11.0. The Labute approximate surface area is 150 Å². The smallest absolute Gasteiger partial charge is 0.222 e. The Balaban J connectivity index is 0.00000288. The third-order valence-electron chi connectivity index (χ3n) is 4.83. The van der Waals surface area contributed by atoms with Gasteiger partial charge in [-0.15, -0.1) is 12.4 Å². The van der Waals surface area contributed by atoms with Crippen LogP contribution in [-0.2, 0) is 11.3 Å². The van der Waals surface area contributed by atoms with Crippen LogP contribution in [0.3, 0.4) is 0 Å². The number of halogens is 1. The van der Waals surface area contributed by atoms with Gasteiger partial charge in [0, 0.05) is 26.1 Å². The van der Waals surface area contributed by atoms with Crippen molar-refractivity contribution in [1.29, 1.82) is 0 Å². The van der Waals surface area contributed by atoms with E-state index < -0.39 is 0 Å². The standard InChI is InChI=1S/C18H28N2O3.ClH/c1-12-8-16(22-3)17(23-4)9-14(12)11-20(2)18(21)10-13-6-5-7-15(13)19;/h8-9,13,15H,5-7,10-11,19H2,1-4H3;1H/t13-,15+;/m0./s1. The molecule has 1 aromatic carbocycles. The summed E-state index contributed by atoms with van der Waals surface area (Å²) < 4.78 is 10.7. The lowest BCUT2D eigenvalue weighted by Crippen LogP contribution is -2.32. The number of hydrogen-bond donors (Lipinski definition) is 1. The Morgan fingerprint density at radius 1 is 1.25 bits per heavy atom. The molecule has 0 aliphatic heterocycles. The lowest BCUT2D eigenvalue weighted by molar-refractivity contribution is -0.131. The number of hydrogen-bond acceptors (Lipinski definition) is 4. The minimum atomic E-state index is 0. The highest BCUT2D eigenvalue weighted by Gasteiger charge is 2.27. The molecule has 2 atom stereocenters. The van der Waals surface area contributed by atoms with Crippen LogP contribution in [0.4, 0.5) is 0 Å². The van der Waals surface area contributed by atoms with E-state index in [1.54, 1.807) is 19.1 Å². The number of methoxy groups -OCH3 is 2. The molecule has 0 saturated heterocycles. The maximum atomic E-state index is 12.5. The van der Waals surface area contributed by atoms with Gasteiger partial charge in [-0.3, -0.25) is 4.79 Å². The van der Waals surface area contributed by atoms with Crippen LogP contribution in [0, 0.1) is 12.8 Å². The van der Waals surface area contributed by atoms with E-state index in [0.29, 0.717) is 30.4 Å². The van der Waals surface area contributed by atoms with Crippen molar-refractivity contribution >= 4 is 18.3 Å². The molecule has 1 amide bonds. The predicted octanol–water partition coefficient (Wildman–Crippen LogP) is 2.91. The van der Waals surface area contributed by atoms with E-state index in [0.717, 1.165) is 30.4 Å². The third-order valence-corrected chi connectivity index (χ3v) is 4.83. The summed E-state index contributed by atoms with van der Waals surface area (Å²) in [4.78, 5) is 14.2. The normalized spacial score (nSPS) is 19.5. The Bertz CT molecular complexity index is 565. The number of nitrogens with zero attached hydrogens (tertiary/aromatic N) is 1. The van der Waals surface area contributed by atoms with Gasteiger partial charge in [-0.05, 0) is 48.9 Å². The van der Waals surface area contributed by atoms with Crippen LogP contribution in [0.5, 0.6) is 11.5 Å². The number of carbonyl (C=O) groups excluding carboxylic acids is 1. The maximum Gasteiger partial charge on any atom is 0.222 e. The molecular weight excluding hydrogens is 328 g/mol. The minimum Gasteiger partial charge on any atom is -0.493 e. The molecule has 0 heterocycles. The molecule has 2 rings (SSSR count). The second-order valence-corrected chi connectivity index (χ2v) is 6.44. The number of amides is 1. The number of benzene rings is 1. The van der Waals surface area contributed by atoms with Gasteiger partial charge in [0.15, 0.2) is 11.5 Å². The van der Waals surface area contributed by atoms with E-state index in [4.69, 9.17) is 15.2 Å². The first kappa shape index (κ1) is 20.6. The zero-order chi connectivity index (χ0) is 17.0. The largest absolute Gasteiger partial charge is 0.493 e. The van der Waals surface area contributed by atoms with Crippen LogP contribution in [0.25, 0.3) is 0 Å². The molecule has 6 heteroatoms. The zero-order valence-corrected chi connectivity index (χ0v) is 15.8. The van der Waals surface area contributed by atoms with Crippen molar-refractivity contribution in [2.24, 2.45) is 11.7 Å². The van der Waals surface area contributed by atoms with Gasteiger partial charge in [0.05, 0.1) is 14.2 Å². The van der Waals surface area contributed by atoms with Gasteiger partial charge in [-0.1, -0.05) is 6.42 Å². The molecule has 0 aromatic heterocycles. The Morgan fingerprint density at radius 3 is 2.42 bits per heavy atom. The molecule has 1 aromatic rings. The predicted molar refractivity (Wildman–Crippen MR) is 97.9 cm³/mol. The van der Waals surface area contributed by atoms with E-state index in [1.165, 1.54) is 0 Å². The molecule has 2 N–H and O–H groups in total. The molecule has 5 nitrogen and oxygen atoms in total. The summed E-state index contributed by atoms with van der Waals surface area (Å²) in [6.07, 6.45) is 3.79. The highest BCUT2D eigenvalue weighted by atomic mass is 35.5. The van der Waals surface area contributed by atoms with Crippen molar-refractivity contribution in [3.63, 3.8) is 0 Å². The van der Waals surface area contributed by atoms with E-state index >= 15 is 0 Å². The van der Waals surface area contributed by atoms with Crippen molar-refractivity contribution in [2.75, 3.05) is 21.3 Å². The SMILES string of the molecule is COc1cc(C)c(CN(C)C(=O)C[C@@H]2CCC[C@H]2N)cc1OC.Cl. The first-order valence-corrected chi connectivity index (χ1v) is 8.17. The highest BCUT2D eigenvalue weighted by Crippen LogP contribution is 2.31. The van der Waals surface area contributed by atoms with Gasteiger partial charge in [0.2, 0.25) is 5.91 Å². The topological polar surface area (TPSA) is 64.8 Å². The lowest BCUT2D eigenvalue weighted by Gasteiger charge is -2.22. The van der Waals surface area contributed by atoms with Crippen LogP contribution in [0.2, 0.25) is 0 Å². The monoisotopic (exact) mass is 356 g/mol. The molecular formula is C18H29ClN2O3. The summed E-state index contributed by atoms with van der Waals surface area (Å²) in [6.45, 7) is 2.58. The highest BCUT2D eigenvalue weighted by molar-refractivity contribution is 5.85. The summed E-state index contributed by atoms with van der Waals surface area (Å²) in [6, 6.07) is 4.06. The van der Waals surface area contributed by atoms with Crippen molar-refractivity contribution in [3.05, 3.63) is 23.3 Å². The molecule has 136 valence electrons. The van der Waals surface area contributed by atoms with Gasteiger partial charge >= 0.3 is 0 Å². The van der Waals surface area contributed by atoms with Gasteiger partial charge in [0.1, 0.15) is 0 Å². The van der Waals surface area contributed by atoms with Crippen LogP contribution in [-0.4, -0.2) is 38.1 Å². The van der Waals surface area contributed by atoms with Crippen LogP contribution >= 0.6 is 12.4 Å². The fourth-order valence-electron chi connectivity index (χ4n) is 3.24. The minimum absolute atomic E-state index is 0. The number of carbonyl (C=O) groups is 1. The fraction of sp³-hybridized carbons (Fsp3) is 0.611. The maximum absolute atomic E-state index is 12.5. The number of aryl methyl sites for hydroxylation is 1. The number of rotatable bonds is 6. The van der Waals surface area contributed by atoms with Crippen molar-refractivity contribution in [1.82, 2.24) is 4.90 Å². The Kier molecular flexibility index (Phi) is 7.84. The lowest BCUT2D eigenvalue weighted by atomic mass is 9.99. The fourth-order valence-corrected chi connectivity index (χ4v) is 3.24. The Hall–Kier alpha value is -1.46. The molecule has 1 saturated carbocycles. The Morgan fingerprint density at radius 2 is 1.88 bits per heavy atom. The number of ether oxygens (including phenoxy) is 2. The molecule has 0 spiro atoms. The summed E-state index contributed by atoms with van der Waals surface area (Å²) in [5.41, 5.74) is 8.22. The second kappa shape index (κ2) is 9.14. The number of nitrogens with two attached hydrogens (primary N) is 1. The van der Waals surface area contributed by atoms with E-state index in [-0.39, 0.29) is 24.4 Å². The third kappa shape index (κ3) is 4.77. The van der Waals surface area contributed by atoms with Crippen molar-refractivity contribution < 1.29 is 14.3 Å². The molecule has 24 heavy (non-hydrogen) atoms. The van der Waals surface area contributed by atoms with E-state index in [2.05, 4.69) is 0 Å². The molecule has 1 aliphatic rings. The van der Waals surface area contributed by atoms with Crippen LogP contribution < -0.4 is 15.2 Å². The molecule has 1 aliphatic carbocycles. The first-order valence-electron chi connectivity index (χ1n) is 8.17. The molecule has 0 bridgehead atoms. The average Bonchev–Trinajstić information content (AvgIpc) is 2.93. The zero-order valence-electron chi connectivity index (χ0n) is 15.0. The van der Waals surface area contributed by atoms with Gasteiger partial charge in [0.25, 0.3) is 0 Å². The molecule has 0 unspecified atom stereocenters. The average molecular weight is 357 g/mol. The van der Waals surface area contributed by atoms with Gasteiger partial charge in [-0.2, -0.15) is 0 Å². The molecule has 0 radical (unpaired) electrons. The summed E-state index contributed by atoms with van der Waals surface area (Å²) in [5.74, 6) is 1.88. The van der Waals surface area contributed by atoms with Crippen molar-refractivity contribution in [2.45, 2.75) is 45.2 Å². The second-order valence-electron chi connectivity index (χ2n) is 6.44. The summed E-state index contributed by atoms with van der Waals surface area (Å²) in [7, 11) is 5.09. The van der Waals surface area contributed by atoms with Crippen LogP contribution in [0.1, 0.15) is 36.8 Å².